The first kappa shape index (κ1) is 20.2. The Morgan fingerprint density at radius 2 is 1.94 bits per heavy atom. The number of halogens is 1. The predicted octanol–water partition coefficient (Wildman–Crippen LogP) is 7.07. The fourth-order valence-corrected chi connectivity index (χ4v) is 6.30. The Labute approximate surface area is 193 Å². The van der Waals surface area contributed by atoms with Crippen molar-refractivity contribution in [3.05, 3.63) is 68.4 Å². The number of fused-ring (bicyclic) bond motifs is 2. The first-order valence-corrected chi connectivity index (χ1v) is 12.2. The number of amides is 1. The van der Waals surface area contributed by atoms with E-state index in [1.807, 2.05) is 42.5 Å². The van der Waals surface area contributed by atoms with Gasteiger partial charge in [-0.1, -0.05) is 36.2 Å². The Bertz CT molecular complexity index is 1350. The van der Waals surface area contributed by atoms with Crippen LogP contribution in [0.25, 0.3) is 21.5 Å². The van der Waals surface area contributed by atoms with Gasteiger partial charge in [-0.25, -0.2) is 4.98 Å². The number of anilines is 1. The highest BCUT2D eigenvalue weighted by Gasteiger charge is 2.22. The van der Waals surface area contributed by atoms with Gasteiger partial charge in [0.1, 0.15) is 11.1 Å². The molecule has 0 radical (unpaired) electrons. The minimum absolute atomic E-state index is 0.226. The van der Waals surface area contributed by atoms with Crippen molar-refractivity contribution < 1.29 is 4.79 Å². The van der Waals surface area contributed by atoms with E-state index in [1.54, 1.807) is 11.3 Å². The molecule has 0 bridgehead atoms. The molecule has 0 aliphatic heterocycles. The van der Waals surface area contributed by atoms with Crippen LogP contribution in [0, 0.1) is 11.3 Å². The molecule has 0 fully saturated rings. The lowest BCUT2D eigenvalue weighted by Crippen LogP contribution is -2.13. The molecule has 4 nitrogen and oxygen atoms in total. The zero-order chi connectivity index (χ0) is 21.4. The maximum atomic E-state index is 13.4. The van der Waals surface area contributed by atoms with Gasteiger partial charge in [0.15, 0.2) is 0 Å². The van der Waals surface area contributed by atoms with Gasteiger partial charge in [0.05, 0.1) is 31.6 Å². The minimum atomic E-state index is -0.226. The number of nitriles is 1. The maximum absolute atomic E-state index is 13.4. The Morgan fingerprint density at radius 3 is 2.74 bits per heavy atom. The Morgan fingerprint density at radius 1 is 1.10 bits per heavy atom. The van der Waals surface area contributed by atoms with E-state index in [1.165, 1.54) is 22.6 Å². The Kier molecular flexibility index (Phi) is 5.49. The molecule has 154 valence electrons. The van der Waals surface area contributed by atoms with Crippen molar-refractivity contribution in [2.75, 3.05) is 5.32 Å². The van der Waals surface area contributed by atoms with Gasteiger partial charge < -0.3 is 5.32 Å². The van der Waals surface area contributed by atoms with Crippen LogP contribution in [0.5, 0.6) is 0 Å². The van der Waals surface area contributed by atoms with Gasteiger partial charge in [-0.3, -0.25) is 4.79 Å². The van der Waals surface area contributed by atoms with Gasteiger partial charge in [0, 0.05) is 10.3 Å². The third kappa shape index (κ3) is 3.85. The molecule has 0 spiro atoms. The summed E-state index contributed by atoms with van der Waals surface area (Å²) in [5.41, 5.74) is 3.74. The summed E-state index contributed by atoms with van der Waals surface area (Å²) in [5.74, 6) is -0.226. The van der Waals surface area contributed by atoms with E-state index in [0.29, 0.717) is 26.2 Å². The average Bonchev–Trinajstić information content (AvgIpc) is 3.28. The van der Waals surface area contributed by atoms with Gasteiger partial charge in [0.25, 0.3) is 5.91 Å². The minimum Gasteiger partial charge on any atom is -0.312 e. The summed E-state index contributed by atoms with van der Waals surface area (Å²) in [6, 6.07) is 15.5. The van der Waals surface area contributed by atoms with Gasteiger partial charge in [-0.2, -0.15) is 5.26 Å². The van der Waals surface area contributed by atoms with Gasteiger partial charge in [-0.05, 0) is 55.5 Å². The van der Waals surface area contributed by atoms with Crippen LogP contribution in [0.3, 0.4) is 0 Å². The number of rotatable bonds is 3. The number of carbonyl (C=O) groups is 1. The number of nitrogens with one attached hydrogen (secondary N) is 1. The molecule has 7 heteroatoms. The molecule has 0 unspecified atom stereocenters. The lowest BCUT2D eigenvalue weighted by molar-refractivity contribution is 0.102. The molecule has 3 aromatic heterocycles. The lowest BCUT2D eigenvalue weighted by atomic mass is 10.1. The van der Waals surface area contributed by atoms with E-state index in [-0.39, 0.29) is 5.91 Å². The number of aromatic nitrogens is 1. The van der Waals surface area contributed by atoms with Crippen LogP contribution in [0.4, 0.5) is 5.00 Å². The SMILES string of the molecule is N#Cc1c(NC(=O)c2cc(-c3ccc(Cl)s3)nc3ccccc23)sc2c1CCCCC2. The van der Waals surface area contributed by atoms with Crippen LogP contribution in [-0.4, -0.2) is 10.9 Å². The van der Waals surface area contributed by atoms with Crippen molar-refractivity contribution in [2.45, 2.75) is 32.1 Å². The van der Waals surface area contributed by atoms with E-state index in [2.05, 4.69) is 11.4 Å². The molecule has 1 aliphatic carbocycles. The van der Waals surface area contributed by atoms with Crippen LogP contribution in [0.2, 0.25) is 4.34 Å². The maximum Gasteiger partial charge on any atom is 0.257 e. The fourth-order valence-electron chi connectivity index (χ4n) is 4.06. The number of hydrogen-bond donors (Lipinski definition) is 1. The molecule has 31 heavy (non-hydrogen) atoms. The first-order chi connectivity index (χ1) is 15.1. The normalized spacial score (nSPS) is 13.4. The van der Waals surface area contributed by atoms with Crippen molar-refractivity contribution in [1.82, 2.24) is 4.98 Å². The van der Waals surface area contributed by atoms with E-state index in [4.69, 9.17) is 16.6 Å². The van der Waals surface area contributed by atoms with Crippen molar-refractivity contribution in [2.24, 2.45) is 0 Å². The topological polar surface area (TPSA) is 65.8 Å². The van der Waals surface area contributed by atoms with Crippen molar-refractivity contribution >= 4 is 56.1 Å². The molecular weight excluding hydrogens is 446 g/mol. The number of nitrogens with zero attached hydrogens (tertiary/aromatic N) is 2. The van der Waals surface area contributed by atoms with Crippen LogP contribution in [-0.2, 0) is 12.8 Å². The third-order valence-electron chi connectivity index (χ3n) is 5.55. The number of carbonyl (C=O) groups excluding carboxylic acids is 1. The van der Waals surface area contributed by atoms with Crippen LogP contribution in [0.15, 0.2) is 42.5 Å². The molecule has 1 N–H and O–H groups in total. The summed E-state index contributed by atoms with van der Waals surface area (Å²) in [6.07, 6.45) is 5.30. The number of pyridine rings is 1. The van der Waals surface area contributed by atoms with Gasteiger partial charge in [-0.15, -0.1) is 22.7 Å². The van der Waals surface area contributed by atoms with Crippen molar-refractivity contribution in [3.8, 4) is 16.6 Å². The third-order valence-corrected chi connectivity index (χ3v) is 8.01. The molecule has 5 rings (SSSR count). The smallest absolute Gasteiger partial charge is 0.257 e. The standard InChI is InChI=1S/C24H18ClN3OS2/c25-22-11-10-21(30-22)19-12-16(14-6-4-5-8-18(14)27-19)23(29)28-24-17(13-26)15-7-2-1-3-9-20(15)31-24/h4-6,8,10-12H,1-3,7,9H2,(H,28,29). The Hall–Kier alpha value is -2.72. The van der Waals surface area contributed by atoms with Gasteiger partial charge in [0.2, 0.25) is 0 Å². The molecule has 3 heterocycles. The molecule has 0 saturated carbocycles. The van der Waals surface area contributed by atoms with Crippen molar-refractivity contribution in [1.29, 1.82) is 5.26 Å². The highest BCUT2D eigenvalue weighted by molar-refractivity contribution is 7.19. The second-order valence-electron chi connectivity index (χ2n) is 7.51. The first-order valence-electron chi connectivity index (χ1n) is 10.2. The molecule has 0 atom stereocenters. The molecular formula is C24H18ClN3OS2. The van der Waals surface area contributed by atoms with Crippen LogP contribution >= 0.6 is 34.3 Å². The highest BCUT2D eigenvalue weighted by Crippen LogP contribution is 2.38. The van der Waals surface area contributed by atoms with E-state index in [0.717, 1.165) is 47.0 Å². The number of para-hydroxylation sites is 1. The van der Waals surface area contributed by atoms with E-state index >= 15 is 0 Å². The monoisotopic (exact) mass is 463 g/mol. The molecule has 1 aliphatic rings. The van der Waals surface area contributed by atoms with Gasteiger partial charge >= 0.3 is 0 Å². The number of benzene rings is 1. The summed E-state index contributed by atoms with van der Waals surface area (Å²) < 4.78 is 0.676. The Balaban J connectivity index is 1.57. The largest absolute Gasteiger partial charge is 0.312 e. The number of thiophene rings is 2. The quantitative estimate of drug-likeness (QED) is 0.330. The number of hydrogen-bond acceptors (Lipinski definition) is 5. The molecule has 1 aromatic carbocycles. The second kappa shape index (κ2) is 8.43. The summed E-state index contributed by atoms with van der Waals surface area (Å²) in [4.78, 5) is 20.3. The van der Waals surface area contributed by atoms with E-state index in [9.17, 15) is 10.1 Å². The zero-order valence-corrected chi connectivity index (χ0v) is 19.0. The van der Waals surface area contributed by atoms with Crippen LogP contribution in [0.1, 0.15) is 45.6 Å². The van der Waals surface area contributed by atoms with Crippen LogP contribution < -0.4 is 5.32 Å². The predicted molar refractivity (Wildman–Crippen MR) is 128 cm³/mol. The van der Waals surface area contributed by atoms with Crippen molar-refractivity contribution in [3.63, 3.8) is 0 Å². The van der Waals surface area contributed by atoms with E-state index < -0.39 is 0 Å². The molecule has 1 amide bonds. The summed E-state index contributed by atoms with van der Waals surface area (Å²) in [5, 5.41) is 14.3. The summed E-state index contributed by atoms with van der Waals surface area (Å²) in [6.45, 7) is 0. The lowest BCUT2D eigenvalue weighted by Gasteiger charge is -2.09. The second-order valence-corrected chi connectivity index (χ2v) is 10.3. The number of aryl methyl sites for hydroxylation is 1. The highest BCUT2D eigenvalue weighted by atomic mass is 35.5. The summed E-state index contributed by atoms with van der Waals surface area (Å²) in [7, 11) is 0. The average molecular weight is 464 g/mol. The molecule has 4 aromatic rings. The molecule has 0 saturated heterocycles. The summed E-state index contributed by atoms with van der Waals surface area (Å²) >= 11 is 9.09. The zero-order valence-electron chi connectivity index (χ0n) is 16.6. The fraction of sp³-hybridized carbons (Fsp3) is 0.208.